The zero-order valence-corrected chi connectivity index (χ0v) is 15.8. The zero-order valence-electron chi connectivity index (χ0n) is 11.9. The SMILES string of the molecule is CNC(c1ccc(OCCOC)c(Br)c1)c1ccc(Br)s1. The number of thiophene rings is 1. The summed E-state index contributed by atoms with van der Waals surface area (Å²) in [4.78, 5) is 1.27. The van der Waals surface area contributed by atoms with Gasteiger partial charge in [0.05, 0.1) is 20.9 Å². The predicted molar refractivity (Wildman–Crippen MR) is 94.4 cm³/mol. The molecule has 0 aliphatic heterocycles. The molecule has 114 valence electrons. The van der Waals surface area contributed by atoms with Gasteiger partial charge in [-0.05, 0) is 68.7 Å². The van der Waals surface area contributed by atoms with E-state index in [0.717, 1.165) is 14.0 Å². The molecule has 1 N–H and O–H groups in total. The van der Waals surface area contributed by atoms with Gasteiger partial charge in [0.2, 0.25) is 0 Å². The van der Waals surface area contributed by atoms with Gasteiger partial charge in [-0.1, -0.05) is 6.07 Å². The van der Waals surface area contributed by atoms with Crippen LogP contribution in [0.5, 0.6) is 5.75 Å². The highest BCUT2D eigenvalue weighted by Crippen LogP contribution is 2.34. The summed E-state index contributed by atoms with van der Waals surface area (Å²) in [5.41, 5.74) is 1.19. The molecule has 0 saturated heterocycles. The minimum atomic E-state index is 0.172. The molecule has 0 aliphatic carbocycles. The van der Waals surface area contributed by atoms with Crippen LogP contribution in [0.3, 0.4) is 0 Å². The van der Waals surface area contributed by atoms with Crippen LogP contribution in [0.1, 0.15) is 16.5 Å². The van der Waals surface area contributed by atoms with Crippen LogP contribution >= 0.6 is 43.2 Å². The lowest BCUT2D eigenvalue weighted by molar-refractivity contribution is 0.146. The molecule has 0 aliphatic rings. The Morgan fingerprint density at radius 3 is 2.57 bits per heavy atom. The molecular formula is C15H17Br2NO2S. The maximum Gasteiger partial charge on any atom is 0.133 e. The van der Waals surface area contributed by atoms with Crippen LogP contribution < -0.4 is 10.1 Å². The summed E-state index contributed by atoms with van der Waals surface area (Å²) in [5.74, 6) is 0.831. The molecule has 0 bridgehead atoms. The second-order valence-corrected chi connectivity index (χ2v) is 7.74. The van der Waals surface area contributed by atoms with Crippen molar-refractivity contribution in [1.82, 2.24) is 5.32 Å². The summed E-state index contributed by atoms with van der Waals surface area (Å²) < 4.78 is 12.7. The molecule has 3 nitrogen and oxygen atoms in total. The molecule has 1 aromatic carbocycles. The summed E-state index contributed by atoms with van der Waals surface area (Å²) in [6, 6.07) is 10.5. The topological polar surface area (TPSA) is 30.5 Å². The Morgan fingerprint density at radius 2 is 2.00 bits per heavy atom. The Labute approximate surface area is 145 Å². The van der Waals surface area contributed by atoms with Gasteiger partial charge in [-0.15, -0.1) is 11.3 Å². The third-order valence-corrected chi connectivity index (χ3v) is 5.31. The first-order chi connectivity index (χ1) is 10.2. The van der Waals surface area contributed by atoms with E-state index in [1.54, 1.807) is 18.4 Å². The van der Waals surface area contributed by atoms with E-state index in [0.29, 0.717) is 13.2 Å². The predicted octanol–water partition coefficient (Wildman–Crippen LogP) is 4.61. The minimum absolute atomic E-state index is 0.172. The normalized spacial score (nSPS) is 12.4. The number of rotatable bonds is 7. The van der Waals surface area contributed by atoms with E-state index in [1.165, 1.54) is 10.4 Å². The number of benzene rings is 1. The third-order valence-electron chi connectivity index (χ3n) is 3.00. The third kappa shape index (κ3) is 4.53. The Morgan fingerprint density at radius 1 is 1.19 bits per heavy atom. The van der Waals surface area contributed by atoms with Crippen LogP contribution in [0.2, 0.25) is 0 Å². The summed E-state index contributed by atoms with van der Waals surface area (Å²) in [7, 11) is 3.63. The van der Waals surface area contributed by atoms with Crippen LogP contribution in [-0.2, 0) is 4.74 Å². The van der Waals surface area contributed by atoms with Crippen LogP contribution in [0.4, 0.5) is 0 Å². The summed E-state index contributed by atoms with van der Waals surface area (Å²) in [5, 5.41) is 3.35. The molecule has 0 spiro atoms. The first-order valence-electron chi connectivity index (χ1n) is 6.49. The van der Waals surface area contributed by atoms with Crippen LogP contribution in [0, 0.1) is 0 Å². The highest BCUT2D eigenvalue weighted by atomic mass is 79.9. The highest BCUT2D eigenvalue weighted by molar-refractivity contribution is 9.11. The van der Waals surface area contributed by atoms with Crippen molar-refractivity contribution < 1.29 is 9.47 Å². The fourth-order valence-electron chi connectivity index (χ4n) is 2.01. The van der Waals surface area contributed by atoms with E-state index < -0.39 is 0 Å². The molecular weight excluding hydrogens is 418 g/mol. The van der Waals surface area contributed by atoms with E-state index in [4.69, 9.17) is 9.47 Å². The second-order valence-electron chi connectivity index (χ2n) is 4.39. The van der Waals surface area contributed by atoms with E-state index in [2.05, 4.69) is 61.4 Å². The first kappa shape index (κ1) is 17.0. The van der Waals surface area contributed by atoms with Gasteiger partial charge in [0, 0.05) is 12.0 Å². The van der Waals surface area contributed by atoms with E-state index >= 15 is 0 Å². The lowest BCUT2D eigenvalue weighted by atomic mass is 10.1. The standard InChI is InChI=1S/C15H17Br2NO2S/c1-18-15(13-5-6-14(17)21-13)10-3-4-12(11(16)9-10)20-8-7-19-2/h3-6,9,15,18H,7-8H2,1-2H3. The Bertz CT molecular complexity index is 589. The molecule has 1 unspecified atom stereocenters. The van der Waals surface area contributed by atoms with Crippen molar-refractivity contribution in [1.29, 1.82) is 0 Å². The number of methoxy groups -OCH3 is 1. The number of halogens is 2. The monoisotopic (exact) mass is 433 g/mol. The molecule has 0 fully saturated rings. The van der Waals surface area contributed by atoms with Gasteiger partial charge >= 0.3 is 0 Å². The largest absolute Gasteiger partial charge is 0.490 e. The molecule has 0 amide bonds. The quantitative estimate of drug-likeness (QED) is 0.645. The smallest absolute Gasteiger partial charge is 0.133 e. The molecule has 21 heavy (non-hydrogen) atoms. The second kappa shape index (κ2) is 8.29. The fourth-order valence-corrected chi connectivity index (χ4v) is 4.08. The van der Waals surface area contributed by atoms with Crippen molar-refractivity contribution in [2.24, 2.45) is 0 Å². The van der Waals surface area contributed by atoms with Gasteiger partial charge in [0.15, 0.2) is 0 Å². The highest BCUT2D eigenvalue weighted by Gasteiger charge is 2.15. The lowest BCUT2D eigenvalue weighted by Crippen LogP contribution is -2.16. The van der Waals surface area contributed by atoms with Crippen LogP contribution in [-0.4, -0.2) is 27.4 Å². The van der Waals surface area contributed by atoms with Crippen molar-refractivity contribution >= 4 is 43.2 Å². The fraction of sp³-hybridized carbons (Fsp3) is 0.333. The molecule has 2 rings (SSSR count). The van der Waals surface area contributed by atoms with E-state index in [9.17, 15) is 0 Å². The molecule has 1 atom stereocenters. The van der Waals surface area contributed by atoms with Gasteiger partial charge in [0.25, 0.3) is 0 Å². The zero-order chi connectivity index (χ0) is 15.2. The number of ether oxygens (including phenoxy) is 2. The van der Waals surface area contributed by atoms with Crippen molar-refractivity contribution in [2.75, 3.05) is 27.4 Å². The van der Waals surface area contributed by atoms with E-state index in [1.807, 2.05) is 13.1 Å². The minimum Gasteiger partial charge on any atom is -0.490 e. The average molecular weight is 435 g/mol. The summed E-state index contributed by atoms with van der Waals surface area (Å²) in [6.45, 7) is 1.12. The Hall–Kier alpha value is -0.400. The van der Waals surface area contributed by atoms with Crippen molar-refractivity contribution in [3.63, 3.8) is 0 Å². The van der Waals surface area contributed by atoms with Crippen molar-refractivity contribution in [2.45, 2.75) is 6.04 Å². The maximum atomic E-state index is 5.66. The van der Waals surface area contributed by atoms with Crippen LogP contribution in [0.25, 0.3) is 0 Å². The maximum absolute atomic E-state index is 5.66. The summed E-state index contributed by atoms with van der Waals surface area (Å²) >= 11 is 8.82. The van der Waals surface area contributed by atoms with Gasteiger partial charge in [-0.3, -0.25) is 0 Å². The van der Waals surface area contributed by atoms with Crippen molar-refractivity contribution in [3.05, 3.63) is 49.0 Å². The van der Waals surface area contributed by atoms with Gasteiger partial charge in [0.1, 0.15) is 12.4 Å². The lowest BCUT2D eigenvalue weighted by Gasteiger charge is -2.17. The first-order valence-corrected chi connectivity index (χ1v) is 8.89. The molecule has 0 saturated carbocycles. The molecule has 6 heteroatoms. The van der Waals surface area contributed by atoms with Gasteiger partial charge in [-0.2, -0.15) is 0 Å². The Balaban J connectivity index is 2.17. The number of hydrogen-bond acceptors (Lipinski definition) is 4. The van der Waals surface area contributed by atoms with E-state index in [-0.39, 0.29) is 6.04 Å². The molecule has 1 aromatic heterocycles. The van der Waals surface area contributed by atoms with Crippen LogP contribution in [0.15, 0.2) is 38.6 Å². The van der Waals surface area contributed by atoms with Crippen molar-refractivity contribution in [3.8, 4) is 5.75 Å². The van der Waals surface area contributed by atoms with Gasteiger partial charge < -0.3 is 14.8 Å². The molecule has 2 aromatic rings. The molecule has 1 heterocycles. The molecule has 0 radical (unpaired) electrons. The van der Waals surface area contributed by atoms with Gasteiger partial charge in [-0.25, -0.2) is 0 Å². The number of hydrogen-bond donors (Lipinski definition) is 1. The average Bonchev–Trinajstić information content (AvgIpc) is 2.88. The Kier molecular flexibility index (Phi) is 6.70. The number of nitrogens with one attached hydrogen (secondary N) is 1. The summed E-state index contributed by atoms with van der Waals surface area (Å²) in [6.07, 6.45) is 0.